The van der Waals surface area contributed by atoms with Gasteiger partial charge in [-0.25, -0.2) is 9.97 Å². The molecule has 0 bridgehead atoms. The Morgan fingerprint density at radius 1 is 1.03 bits per heavy atom. The van der Waals surface area contributed by atoms with Crippen LogP contribution in [0.5, 0.6) is 0 Å². The van der Waals surface area contributed by atoms with Gasteiger partial charge in [-0.2, -0.15) is 13.2 Å². The molecule has 9 nitrogen and oxygen atoms in total. The van der Waals surface area contributed by atoms with Crippen LogP contribution in [0.4, 0.5) is 30.5 Å². The minimum atomic E-state index is -4.58. The normalized spacial score (nSPS) is 15.9. The fourth-order valence-corrected chi connectivity index (χ4v) is 3.88. The first-order valence-electron chi connectivity index (χ1n) is 11.9. The fourth-order valence-electron chi connectivity index (χ4n) is 3.71. The summed E-state index contributed by atoms with van der Waals surface area (Å²) in [6.45, 7) is 0.0795. The summed E-state index contributed by atoms with van der Waals surface area (Å²) in [6, 6.07) is 6.98. The van der Waals surface area contributed by atoms with Crippen LogP contribution in [0, 0.1) is 0 Å². The van der Waals surface area contributed by atoms with E-state index in [1.165, 1.54) is 30.7 Å². The first-order chi connectivity index (χ1) is 18.1. The number of hydrogen-bond donors (Lipinski definition) is 4. The number of carbonyl (C=O) groups excluding carboxylic acids is 2. The summed E-state index contributed by atoms with van der Waals surface area (Å²) in [4.78, 5) is 37.9. The molecule has 0 unspecified atom stereocenters. The molecule has 0 radical (unpaired) electrons. The van der Waals surface area contributed by atoms with Crippen LogP contribution in [0.3, 0.4) is 0 Å². The number of amides is 2. The third-order valence-corrected chi connectivity index (χ3v) is 6.42. The molecular formula is C25H23ClF3N7O2. The maximum absolute atomic E-state index is 13.3. The van der Waals surface area contributed by atoms with Crippen LogP contribution in [0.15, 0.2) is 48.9 Å². The van der Waals surface area contributed by atoms with Crippen LogP contribution in [-0.2, 0) is 17.5 Å². The Labute approximate surface area is 220 Å². The van der Waals surface area contributed by atoms with Crippen molar-refractivity contribution >= 4 is 40.7 Å². The number of nitrogens with one attached hydrogen (secondary N) is 4. The van der Waals surface area contributed by atoms with Crippen molar-refractivity contribution in [3.63, 3.8) is 0 Å². The third-order valence-electron chi connectivity index (χ3n) is 6.18. The van der Waals surface area contributed by atoms with Gasteiger partial charge in [-0.05, 0) is 56.0 Å². The van der Waals surface area contributed by atoms with Crippen molar-refractivity contribution < 1.29 is 22.8 Å². The molecule has 0 aliphatic heterocycles. The molecule has 2 saturated carbocycles. The maximum Gasteiger partial charge on any atom is 0.418 e. The first kappa shape index (κ1) is 25.7. The van der Waals surface area contributed by atoms with Crippen molar-refractivity contribution in [1.29, 1.82) is 0 Å². The molecule has 4 N–H and O–H groups in total. The van der Waals surface area contributed by atoms with Gasteiger partial charge < -0.3 is 21.3 Å². The number of anilines is 3. The monoisotopic (exact) mass is 545 g/mol. The minimum absolute atomic E-state index is 0.0240. The second-order valence-electron chi connectivity index (χ2n) is 9.28. The molecule has 38 heavy (non-hydrogen) atoms. The predicted octanol–water partition coefficient (Wildman–Crippen LogP) is 4.44. The summed E-state index contributed by atoms with van der Waals surface area (Å²) in [5.41, 5.74) is -0.980. The number of nitrogens with zero attached hydrogens (tertiary/aromatic N) is 3. The Hall–Kier alpha value is -3.93. The van der Waals surface area contributed by atoms with Gasteiger partial charge in [0, 0.05) is 23.5 Å². The van der Waals surface area contributed by atoms with E-state index in [1.807, 2.05) is 0 Å². The highest BCUT2D eigenvalue weighted by molar-refractivity contribution is 6.30. The third kappa shape index (κ3) is 6.13. The minimum Gasteiger partial charge on any atom is -0.354 e. The average Bonchev–Trinajstić information content (AvgIpc) is 3.82. The van der Waals surface area contributed by atoms with Crippen LogP contribution >= 0.6 is 11.6 Å². The van der Waals surface area contributed by atoms with Crippen LogP contribution < -0.4 is 21.3 Å². The Kier molecular flexibility index (Phi) is 6.82. The SMILES string of the molecule is O=C(NC1(C(=O)NCc2ccc(Nc3ccc(Cl)cc3C(F)(F)F)cn2)CC1)c1cnc(NC2CC2)nc1. The molecule has 2 aliphatic carbocycles. The van der Waals surface area contributed by atoms with Gasteiger partial charge in [-0.15, -0.1) is 0 Å². The van der Waals surface area contributed by atoms with Gasteiger partial charge in [0.25, 0.3) is 5.91 Å². The van der Waals surface area contributed by atoms with E-state index in [4.69, 9.17) is 11.6 Å². The summed E-state index contributed by atoms with van der Waals surface area (Å²) < 4.78 is 40.0. The number of halogens is 4. The van der Waals surface area contributed by atoms with Gasteiger partial charge in [0.1, 0.15) is 5.54 Å². The van der Waals surface area contributed by atoms with E-state index in [2.05, 4.69) is 36.2 Å². The molecule has 3 aromatic rings. The summed E-state index contributed by atoms with van der Waals surface area (Å²) in [5, 5.41) is 11.3. The zero-order valence-corrected chi connectivity index (χ0v) is 20.7. The van der Waals surface area contributed by atoms with Crippen molar-refractivity contribution in [3.05, 3.63) is 70.8 Å². The van der Waals surface area contributed by atoms with Crippen LogP contribution in [0.2, 0.25) is 5.02 Å². The number of pyridine rings is 1. The Morgan fingerprint density at radius 3 is 2.37 bits per heavy atom. The van der Waals surface area contributed by atoms with E-state index in [0.29, 0.717) is 36.2 Å². The lowest BCUT2D eigenvalue weighted by Gasteiger charge is -2.17. The molecule has 5 rings (SSSR count). The zero-order chi connectivity index (χ0) is 26.9. The highest BCUT2D eigenvalue weighted by atomic mass is 35.5. The average molecular weight is 546 g/mol. The van der Waals surface area contributed by atoms with Gasteiger partial charge in [-0.3, -0.25) is 14.6 Å². The summed E-state index contributed by atoms with van der Waals surface area (Å²) in [6.07, 6.45) is 2.76. The second-order valence-corrected chi connectivity index (χ2v) is 9.72. The molecule has 198 valence electrons. The van der Waals surface area contributed by atoms with Gasteiger partial charge in [-0.1, -0.05) is 11.6 Å². The Balaban J connectivity index is 1.15. The van der Waals surface area contributed by atoms with E-state index in [1.54, 1.807) is 12.1 Å². The lowest BCUT2D eigenvalue weighted by atomic mass is 10.1. The van der Waals surface area contributed by atoms with Crippen molar-refractivity contribution in [1.82, 2.24) is 25.6 Å². The fraction of sp³-hybridized carbons (Fsp3) is 0.320. The number of benzene rings is 1. The largest absolute Gasteiger partial charge is 0.418 e. The topological polar surface area (TPSA) is 121 Å². The zero-order valence-electron chi connectivity index (χ0n) is 19.9. The van der Waals surface area contributed by atoms with Crippen LogP contribution in [0.1, 0.15) is 47.3 Å². The smallest absolute Gasteiger partial charge is 0.354 e. The van der Waals surface area contributed by atoms with E-state index in [-0.39, 0.29) is 28.7 Å². The number of alkyl halides is 3. The molecule has 2 fully saturated rings. The lowest BCUT2D eigenvalue weighted by molar-refractivity contribution is -0.137. The van der Waals surface area contributed by atoms with E-state index < -0.39 is 23.2 Å². The highest BCUT2D eigenvalue weighted by Crippen LogP contribution is 2.38. The van der Waals surface area contributed by atoms with Crippen molar-refractivity contribution in [2.75, 3.05) is 10.6 Å². The van der Waals surface area contributed by atoms with Crippen molar-refractivity contribution in [2.24, 2.45) is 0 Å². The van der Waals surface area contributed by atoms with Crippen LogP contribution in [-0.4, -0.2) is 38.3 Å². The van der Waals surface area contributed by atoms with Crippen molar-refractivity contribution in [2.45, 2.75) is 50.0 Å². The summed E-state index contributed by atoms with van der Waals surface area (Å²) >= 11 is 5.72. The Morgan fingerprint density at radius 2 is 1.76 bits per heavy atom. The number of hydrogen-bond acceptors (Lipinski definition) is 7. The molecule has 0 spiro atoms. The molecule has 1 aromatic carbocycles. The molecule has 13 heteroatoms. The number of aromatic nitrogens is 3. The predicted molar refractivity (Wildman–Crippen MR) is 134 cm³/mol. The van der Waals surface area contributed by atoms with Gasteiger partial charge in [0.2, 0.25) is 11.9 Å². The summed E-state index contributed by atoms with van der Waals surface area (Å²) in [5.74, 6) is -0.325. The second kappa shape index (κ2) is 10.1. The van der Waals surface area contributed by atoms with E-state index in [0.717, 1.165) is 18.9 Å². The first-order valence-corrected chi connectivity index (χ1v) is 12.3. The van der Waals surface area contributed by atoms with E-state index in [9.17, 15) is 22.8 Å². The molecule has 0 saturated heterocycles. The Bertz CT molecular complexity index is 1340. The maximum atomic E-state index is 13.3. The molecule has 2 aliphatic rings. The molecule has 0 atom stereocenters. The van der Waals surface area contributed by atoms with Gasteiger partial charge in [0.15, 0.2) is 0 Å². The number of carbonyl (C=O) groups is 2. The molecule has 2 aromatic heterocycles. The lowest BCUT2D eigenvalue weighted by Crippen LogP contribution is -2.48. The van der Waals surface area contributed by atoms with Crippen LogP contribution in [0.25, 0.3) is 0 Å². The molecule has 2 heterocycles. The standard InChI is InChI=1S/C25H23ClF3N7O2/c26-15-1-6-20(19(9-15)25(27,28)29)34-18-5-4-17(30-13-18)12-31-22(38)24(7-8-24)36-21(37)14-10-32-23(33-11-14)35-16-2-3-16/h1,4-6,9-11,13,16,34H,2-3,7-8,12H2,(H,31,38)(H,36,37)(H,32,33,35). The quantitative estimate of drug-likeness (QED) is 0.314. The highest BCUT2D eigenvalue weighted by Gasteiger charge is 2.51. The van der Waals surface area contributed by atoms with Gasteiger partial charge >= 0.3 is 6.18 Å². The molecular weight excluding hydrogens is 523 g/mol. The number of rotatable bonds is 9. The molecule has 2 amide bonds. The summed E-state index contributed by atoms with van der Waals surface area (Å²) in [7, 11) is 0. The van der Waals surface area contributed by atoms with Gasteiger partial charge in [0.05, 0.1) is 40.9 Å². The van der Waals surface area contributed by atoms with E-state index >= 15 is 0 Å². The van der Waals surface area contributed by atoms with Crippen molar-refractivity contribution in [3.8, 4) is 0 Å².